The van der Waals surface area contributed by atoms with Crippen molar-refractivity contribution >= 4 is 28.9 Å². The van der Waals surface area contributed by atoms with E-state index in [-0.39, 0.29) is 16.1 Å². The first kappa shape index (κ1) is 12.9. The van der Waals surface area contributed by atoms with Crippen LogP contribution in [0.4, 0.5) is 10.1 Å². The van der Waals surface area contributed by atoms with Crippen LogP contribution in [0.3, 0.4) is 0 Å². The van der Waals surface area contributed by atoms with Gasteiger partial charge in [0.05, 0.1) is 10.0 Å². The molecule has 17 heavy (non-hydrogen) atoms. The predicted molar refractivity (Wildman–Crippen MR) is 70.4 cm³/mol. The number of halogens is 3. The molecule has 2 N–H and O–H groups in total. The van der Waals surface area contributed by atoms with Gasteiger partial charge in [0.1, 0.15) is 0 Å². The molecule has 0 aliphatic carbocycles. The van der Waals surface area contributed by atoms with Crippen LogP contribution < -0.4 is 10.6 Å². The third-order valence-corrected chi connectivity index (χ3v) is 3.77. The fraction of sp³-hybridized carbons (Fsp3) is 0.500. The SMILES string of the molecule is CC1CC(N)CCN1c1cc(Cl)c(F)c(Cl)c1. The lowest BCUT2D eigenvalue weighted by Gasteiger charge is -2.38. The summed E-state index contributed by atoms with van der Waals surface area (Å²) in [6.07, 6.45) is 1.85. The molecule has 1 fully saturated rings. The average Bonchev–Trinajstić information content (AvgIpc) is 2.25. The van der Waals surface area contributed by atoms with Crippen molar-refractivity contribution < 1.29 is 4.39 Å². The first-order chi connectivity index (χ1) is 7.99. The minimum Gasteiger partial charge on any atom is -0.369 e. The third-order valence-electron chi connectivity index (χ3n) is 3.22. The Morgan fingerprint density at radius 3 is 2.47 bits per heavy atom. The average molecular weight is 277 g/mol. The fourth-order valence-electron chi connectivity index (χ4n) is 2.30. The summed E-state index contributed by atoms with van der Waals surface area (Å²) in [7, 11) is 0. The lowest BCUT2D eigenvalue weighted by molar-refractivity contribution is 0.429. The molecule has 1 aromatic carbocycles. The summed E-state index contributed by atoms with van der Waals surface area (Å²) in [5, 5.41) is 0.129. The fourth-order valence-corrected chi connectivity index (χ4v) is 2.78. The predicted octanol–water partition coefficient (Wildman–Crippen LogP) is 3.45. The summed E-state index contributed by atoms with van der Waals surface area (Å²) >= 11 is 11.6. The minimum atomic E-state index is -0.557. The van der Waals surface area contributed by atoms with Crippen molar-refractivity contribution in [1.29, 1.82) is 0 Å². The zero-order valence-corrected chi connectivity index (χ0v) is 11.1. The summed E-state index contributed by atoms with van der Waals surface area (Å²) in [5.41, 5.74) is 6.77. The molecule has 2 nitrogen and oxygen atoms in total. The highest BCUT2D eigenvalue weighted by Gasteiger charge is 2.24. The maximum Gasteiger partial charge on any atom is 0.160 e. The van der Waals surface area contributed by atoms with Crippen LogP contribution >= 0.6 is 23.2 Å². The number of nitrogens with zero attached hydrogens (tertiary/aromatic N) is 1. The first-order valence-corrected chi connectivity index (χ1v) is 6.41. The number of nitrogens with two attached hydrogens (primary N) is 1. The van der Waals surface area contributed by atoms with Gasteiger partial charge < -0.3 is 10.6 Å². The molecule has 2 rings (SSSR count). The van der Waals surface area contributed by atoms with Crippen molar-refractivity contribution in [2.24, 2.45) is 5.73 Å². The molecule has 0 aromatic heterocycles. The van der Waals surface area contributed by atoms with E-state index in [2.05, 4.69) is 11.8 Å². The van der Waals surface area contributed by atoms with Crippen LogP contribution in [-0.2, 0) is 0 Å². The van der Waals surface area contributed by atoms with E-state index in [9.17, 15) is 4.39 Å². The molecular weight excluding hydrogens is 262 g/mol. The minimum absolute atomic E-state index is 0.0644. The second-order valence-electron chi connectivity index (χ2n) is 4.55. The monoisotopic (exact) mass is 276 g/mol. The zero-order valence-electron chi connectivity index (χ0n) is 9.59. The topological polar surface area (TPSA) is 29.3 Å². The van der Waals surface area contributed by atoms with Gasteiger partial charge in [-0.25, -0.2) is 4.39 Å². The van der Waals surface area contributed by atoms with Crippen LogP contribution in [0.2, 0.25) is 10.0 Å². The normalized spacial score (nSPS) is 25.1. The molecule has 1 aromatic rings. The van der Waals surface area contributed by atoms with E-state index in [4.69, 9.17) is 28.9 Å². The van der Waals surface area contributed by atoms with E-state index in [1.807, 2.05) is 0 Å². The molecule has 0 amide bonds. The summed E-state index contributed by atoms with van der Waals surface area (Å²) in [6.45, 7) is 2.95. The Balaban J connectivity index is 2.28. The number of rotatable bonds is 1. The molecular formula is C12H15Cl2FN2. The molecule has 0 spiro atoms. The second-order valence-corrected chi connectivity index (χ2v) is 5.36. The van der Waals surface area contributed by atoms with Gasteiger partial charge in [0.25, 0.3) is 0 Å². The van der Waals surface area contributed by atoms with Gasteiger partial charge in [-0.1, -0.05) is 23.2 Å². The summed E-state index contributed by atoms with van der Waals surface area (Å²) in [5.74, 6) is -0.557. The number of anilines is 1. The van der Waals surface area contributed by atoms with Crippen LogP contribution in [0.25, 0.3) is 0 Å². The van der Waals surface area contributed by atoms with Gasteiger partial charge in [0.15, 0.2) is 5.82 Å². The molecule has 0 bridgehead atoms. The number of hydrogen-bond acceptors (Lipinski definition) is 2. The molecule has 5 heteroatoms. The van der Waals surface area contributed by atoms with Crippen LogP contribution in [0.15, 0.2) is 12.1 Å². The Kier molecular flexibility index (Phi) is 3.81. The van der Waals surface area contributed by atoms with Gasteiger partial charge in [0.2, 0.25) is 0 Å². The van der Waals surface area contributed by atoms with Crippen molar-refractivity contribution in [3.8, 4) is 0 Å². The molecule has 1 saturated heterocycles. The van der Waals surface area contributed by atoms with Crippen LogP contribution in [-0.4, -0.2) is 18.6 Å². The Labute approximate surface area is 110 Å². The molecule has 1 aliphatic heterocycles. The maximum absolute atomic E-state index is 13.3. The third kappa shape index (κ3) is 2.67. The highest BCUT2D eigenvalue weighted by molar-refractivity contribution is 6.35. The highest BCUT2D eigenvalue weighted by Crippen LogP contribution is 2.32. The van der Waals surface area contributed by atoms with E-state index in [1.54, 1.807) is 12.1 Å². The van der Waals surface area contributed by atoms with Crippen LogP contribution in [0, 0.1) is 5.82 Å². The Morgan fingerprint density at radius 1 is 1.35 bits per heavy atom. The van der Waals surface area contributed by atoms with E-state index in [0.717, 1.165) is 25.1 Å². The molecule has 0 saturated carbocycles. The number of hydrogen-bond donors (Lipinski definition) is 1. The Bertz CT molecular complexity index is 402. The van der Waals surface area contributed by atoms with E-state index in [0.29, 0.717) is 6.04 Å². The smallest absolute Gasteiger partial charge is 0.160 e. The molecule has 0 radical (unpaired) electrons. The highest BCUT2D eigenvalue weighted by atomic mass is 35.5. The number of piperidine rings is 1. The molecule has 1 heterocycles. The van der Waals surface area contributed by atoms with Crippen molar-refractivity contribution in [1.82, 2.24) is 0 Å². The van der Waals surface area contributed by atoms with Crippen LogP contribution in [0.5, 0.6) is 0 Å². The Morgan fingerprint density at radius 2 is 1.94 bits per heavy atom. The molecule has 94 valence electrons. The Hall–Kier alpha value is -0.510. The van der Waals surface area contributed by atoms with Gasteiger partial charge in [-0.3, -0.25) is 0 Å². The van der Waals surface area contributed by atoms with Crippen LogP contribution in [0.1, 0.15) is 19.8 Å². The second kappa shape index (κ2) is 5.01. The van der Waals surface area contributed by atoms with E-state index < -0.39 is 5.82 Å². The largest absolute Gasteiger partial charge is 0.369 e. The summed E-state index contributed by atoms with van der Waals surface area (Å²) in [4.78, 5) is 2.17. The van der Waals surface area contributed by atoms with Crippen molar-refractivity contribution in [2.75, 3.05) is 11.4 Å². The zero-order chi connectivity index (χ0) is 12.6. The molecule has 2 unspecified atom stereocenters. The molecule has 2 atom stereocenters. The summed E-state index contributed by atoms with van der Waals surface area (Å²) in [6, 6.07) is 3.80. The first-order valence-electron chi connectivity index (χ1n) is 5.66. The van der Waals surface area contributed by atoms with Crippen molar-refractivity contribution in [2.45, 2.75) is 31.8 Å². The number of benzene rings is 1. The molecule has 1 aliphatic rings. The maximum atomic E-state index is 13.3. The van der Waals surface area contributed by atoms with Gasteiger partial charge in [-0.15, -0.1) is 0 Å². The quantitative estimate of drug-likeness (QED) is 0.797. The van der Waals surface area contributed by atoms with Gasteiger partial charge >= 0.3 is 0 Å². The lowest BCUT2D eigenvalue weighted by Crippen LogP contribution is -2.45. The van der Waals surface area contributed by atoms with E-state index >= 15 is 0 Å². The summed E-state index contributed by atoms with van der Waals surface area (Å²) < 4.78 is 13.3. The van der Waals surface area contributed by atoms with Gasteiger partial charge in [0, 0.05) is 24.3 Å². The van der Waals surface area contributed by atoms with Crippen molar-refractivity contribution in [3.63, 3.8) is 0 Å². The van der Waals surface area contributed by atoms with Gasteiger partial charge in [-0.2, -0.15) is 0 Å². The lowest BCUT2D eigenvalue weighted by atomic mass is 9.98. The van der Waals surface area contributed by atoms with Crippen molar-refractivity contribution in [3.05, 3.63) is 28.0 Å². The van der Waals surface area contributed by atoms with Gasteiger partial charge in [-0.05, 0) is 31.9 Å². The standard InChI is InChI=1S/C12H15Cl2FN2/c1-7-4-8(16)2-3-17(7)9-5-10(13)12(15)11(14)6-9/h5-8H,2-4,16H2,1H3. The van der Waals surface area contributed by atoms with E-state index in [1.165, 1.54) is 0 Å².